The summed E-state index contributed by atoms with van der Waals surface area (Å²) in [4.78, 5) is 17.7. The number of rotatable bonds is 7. The van der Waals surface area contributed by atoms with E-state index in [2.05, 4.69) is 15.5 Å². The number of benzene rings is 2. The molecule has 0 saturated carbocycles. The Kier molecular flexibility index (Phi) is 7.20. The molecule has 0 aliphatic heterocycles. The van der Waals surface area contributed by atoms with Gasteiger partial charge in [0.1, 0.15) is 11.3 Å². The van der Waals surface area contributed by atoms with Gasteiger partial charge in [-0.05, 0) is 33.3 Å². The Labute approximate surface area is 185 Å². The number of esters is 1. The number of anilines is 1. The highest BCUT2D eigenvalue weighted by atomic mass is 32.1. The van der Waals surface area contributed by atoms with Crippen molar-refractivity contribution in [1.29, 1.82) is 0 Å². The normalized spacial score (nSPS) is 12.0. The molecular formula is C24H25N3O3S. The quantitative estimate of drug-likeness (QED) is 0.163. The van der Waals surface area contributed by atoms with Crippen molar-refractivity contribution in [1.82, 2.24) is 4.98 Å². The topological polar surface area (TPSA) is 83.8 Å². The summed E-state index contributed by atoms with van der Waals surface area (Å²) < 4.78 is 5.16. The van der Waals surface area contributed by atoms with Gasteiger partial charge in [0.15, 0.2) is 0 Å². The molecule has 0 bridgehead atoms. The number of carbonyl (C=O) groups excluding carboxylic acids is 1. The molecule has 0 aliphatic rings. The van der Waals surface area contributed by atoms with Crippen molar-refractivity contribution in [3.8, 4) is 11.3 Å². The highest BCUT2D eigenvalue weighted by Gasteiger charge is 2.25. The second-order valence-corrected chi connectivity index (χ2v) is 8.02. The van der Waals surface area contributed by atoms with Crippen LogP contribution in [0.1, 0.15) is 35.4 Å². The zero-order valence-electron chi connectivity index (χ0n) is 18.0. The molecule has 3 aromatic rings. The van der Waals surface area contributed by atoms with Crippen molar-refractivity contribution in [3.63, 3.8) is 0 Å². The number of aliphatic hydroxyl groups excluding tert-OH is 1. The molecule has 0 aliphatic carbocycles. The van der Waals surface area contributed by atoms with Crippen LogP contribution in [0.2, 0.25) is 0 Å². The monoisotopic (exact) mass is 435 g/mol. The van der Waals surface area contributed by atoms with E-state index in [0.29, 0.717) is 15.7 Å². The molecule has 0 fully saturated rings. The maximum atomic E-state index is 12.5. The zero-order chi connectivity index (χ0) is 22.4. The Hall–Kier alpha value is -3.45. The number of carbonyl (C=O) groups is 1. The van der Waals surface area contributed by atoms with Crippen LogP contribution < -0.4 is 5.43 Å². The summed E-state index contributed by atoms with van der Waals surface area (Å²) in [6, 6.07) is 15.8. The minimum Gasteiger partial charge on any atom is -0.512 e. The Bertz CT molecular complexity index is 1110. The van der Waals surface area contributed by atoms with Crippen molar-refractivity contribution in [2.45, 2.75) is 27.7 Å². The van der Waals surface area contributed by atoms with Gasteiger partial charge in [0, 0.05) is 5.56 Å². The van der Waals surface area contributed by atoms with E-state index in [1.54, 1.807) is 13.1 Å². The van der Waals surface area contributed by atoms with Gasteiger partial charge in [-0.25, -0.2) is 9.78 Å². The molecule has 0 amide bonds. The third-order valence-electron chi connectivity index (χ3n) is 4.47. The summed E-state index contributed by atoms with van der Waals surface area (Å²) in [6.07, 6.45) is 1.70. The first-order chi connectivity index (χ1) is 14.9. The van der Waals surface area contributed by atoms with Crippen molar-refractivity contribution in [2.75, 3.05) is 12.0 Å². The van der Waals surface area contributed by atoms with Crippen LogP contribution in [0.5, 0.6) is 0 Å². The first-order valence-electron chi connectivity index (χ1n) is 9.90. The largest absolute Gasteiger partial charge is 0.512 e. The molecule has 1 heterocycles. The Morgan fingerprint density at radius 1 is 1.13 bits per heavy atom. The van der Waals surface area contributed by atoms with E-state index in [9.17, 15) is 9.90 Å². The summed E-state index contributed by atoms with van der Waals surface area (Å²) in [5.41, 5.74) is 7.68. The summed E-state index contributed by atoms with van der Waals surface area (Å²) in [5, 5.41) is 15.0. The highest BCUT2D eigenvalue weighted by molar-refractivity contribution is 7.17. The number of aliphatic hydroxyl groups is 1. The van der Waals surface area contributed by atoms with Gasteiger partial charge >= 0.3 is 5.97 Å². The van der Waals surface area contributed by atoms with Crippen molar-refractivity contribution in [3.05, 3.63) is 75.9 Å². The molecule has 6 nitrogen and oxygen atoms in total. The van der Waals surface area contributed by atoms with Crippen LogP contribution >= 0.6 is 11.3 Å². The van der Waals surface area contributed by atoms with Crippen molar-refractivity contribution in [2.24, 2.45) is 5.10 Å². The van der Waals surface area contributed by atoms with Gasteiger partial charge in [-0.3, -0.25) is 5.43 Å². The van der Waals surface area contributed by atoms with Crippen LogP contribution in [0.25, 0.3) is 16.8 Å². The third kappa shape index (κ3) is 5.58. The fourth-order valence-corrected chi connectivity index (χ4v) is 3.89. The first-order valence-corrected chi connectivity index (χ1v) is 10.7. The molecule has 160 valence electrons. The Morgan fingerprint density at radius 2 is 1.74 bits per heavy atom. The van der Waals surface area contributed by atoms with E-state index < -0.39 is 5.97 Å². The molecule has 3 rings (SSSR count). The lowest BCUT2D eigenvalue weighted by atomic mass is 10.1. The van der Waals surface area contributed by atoms with Crippen LogP contribution in [-0.2, 0) is 9.53 Å². The first kappa shape index (κ1) is 22.2. The fraction of sp³-hybridized carbons (Fsp3) is 0.208. The van der Waals surface area contributed by atoms with Crippen LogP contribution in [0.3, 0.4) is 0 Å². The number of hydrazone groups is 1. The van der Waals surface area contributed by atoms with E-state index in [4.69, 9.17) is 4.74 Å². The summed E-state index contributed by atoms with van der Waals surface area (Å²) >= 11 is 1.23. The smallest absolute Gasteiger partial charge is 0.343 e. The Balaban J connectivity index is 1.99. The van der Waals surface area contributed by atoms with Crippen molar-refractivity contribution < 1.29 is 14.6 Å². The van der Waals surface area contributed by atoms with E-state index in [-0.39, 0.29) is 17.9 Å². The van der Waals surface area contributed by atoms with E-state index >= 15 is 0 Å². The van der Waals surface area contributed by atoms with Gasteiger partial charge in [0.2, 0.25) is 5.13 Å². The molecule has 0 atom stereocenters. The number of aromatic nitrogens is 1. The molecule has 2 N–H and O–H groups in total. The van der Waals surface area contributed by atoms with Gasteiger partial charge in [0.05, 0.1) is 23.4 Å². The second kappa shape index (κ2) is 10.0. The summed E-state index contributed by atoms with van der Waals surface area (Å²) in [6.45, 7) is 7.43. The predicted molar refractivity (Wildman–Crippen MR) is 127 cm³/mol. The zero-order valence-corrected chi connectivity index (χ0v) is 18.8. The number of ether oxygens (including phenoxy) is 1. The molecule has 0 spiro atoms. The summed E-state index contributed by atoms with van der Waals surface area (Å²) in [5.74, 6) is -0.709. The van der Waals surface area contributed by atoms with Gasteiger partial charge in [-0.1, -0.05) is 71.0 Å². The van der Waals surface area contributed by atoms with E-state index in [0.717, 1.165) is 16.7 Å². The predicted octanol–water partition coefficient (Wildman–Crippen LogP) is 5.73. The molecule has 1 aromatic heterocycles. The average Bonchev–Trinajstić information content (AvgIpc) is 3.13. The fourth-order valence-electron chi connectivity index (χ4n) is 2.87. The van der Waals surface area contributed by atoms with Crippen molar-refractivity contribution >= 4 is 34.2 Å². The Morgan fingerprint density at radius 3 is 2.32 bits per heavy atom. The lowest BCUT2D eigenvalue weighted by molar-refractivity contribution is -0.136. The summed E-state index contributed by atoms with van der Waals surface area (Å²) in [7, 11) is 0. The highest BCUT2D eigenvalue weighted by Crippen LogP contribution is 2.37. The van der Waals surface area contributed by atoms with Gasteiger partial charge in [0.25, 0.3) is 0 Å². The van der Waals surface area contributed by atoms with Crippen LogP contribution in [0.4, 0.5) is 5.13 Å². The molecule has 2 aromatic carbocycles. The second-order valence-electron chi connectivity index (χ2n) is 7.02. The van der Waals surface area contributed by atoms with Gasteiger partial charge < -0.3 is 9.84 Å². The maximum absolute atomic E-state index is 12.5. The number of nitrogens with zero attached hydrogens (tertiary/aromatic N) is 2. The molecule has 31 heavy (non-hydrogen) atoms. The standard InChI is InChI=1S/C24H25N3O3S/c1-5-30-23(29)20(17(4)28)22-21(19-12-8-16(3)9-13-19)26-24(31-22)27-25-14-18-10-6-15(2)7-11-18/h6-14,28H,5H2,1-4H3,(H,26,27). The molecule has 0 radical (unpaired) electrons. The number of hydrogen-bond donors (Lipinski definition) is 2. The third-order valence-corrected chi connectivity index (χ3v) is 5.45. The molecular weight excluding hydrogens is 410 g/mol. The SMILES string of the molecule is CCOC(=O)C(=C(C)O)c1sc(NN=Cc2ccc(C)cc2)nc1-c1ccc(C)cc1. The van der Waals surface area contributed by atoms with E-state index in [1.807, 2.05) is 62.4 Å². The molecule has 0 saturated heterocycles. The number of nitrogens with one attached hydrogen (secondary N) is 1. The average molecular weight is 436 g/mol. The van der Waals surface area contributed by atoms with E-state index in [1.165, 1.54) is 23.8 Å². The molecule has 0 unspecified atom stereocenters. The molecule has 7 heteroatoms. The number of hydrogen-bond acceptors (Lipinski definition) is 7. The number of aryl methyl sites for hydroxylation is 2. The maximum Gasteiger partial charge on any atom is 0.343 e. The van der Waals surface area contributed by atoms with Crippen LogP contribution in [0.15, 0.2) is 59.4 Å². The number of allylic oxidation sites excluding steroid dienone is 1. The van der Waals surface area contributed by atoms with Crippen LogP contribution in [-0.4, -0.2) is 28.9 Å². The van der Waals surface area contributed by atoms with Crippen LogP contribution in [0, 0.1) is 13.8 Å². The number of thiazole rings is 1. The van der Waals surface area contributed by atoms with Gasteiger partial charge in [-0.15, -0.1) is 0 Å². The minimum absolute atomic E-state index is 0.102. The van der Waals surface area contributed by atoms with Gasteiger partial charge in [-0.2, -0.15) is 5.10 Å². The lowest BCUT2D eigenvalue weighted by Gasteiger charge is -2.08. The minimum atomic E-state index is -0.589. The lowest BCUT2D eigenvalue weighted by Crippen LogP contribution is -2.08.